The Kier molecular flexibility index (Phi) is 4.39. The monoisotopic (exact) mass is 296 g/mol. The van der Waals surface area contributed by atoms with Crippen LogP contribution in [-0.4, -0.2) is 28.2 Å². The first kappa shape index (κ1) is 13.8. The second kappa shape index (κ2) is 6.03. The highest BCUT2D eigenvalue weighted by molar-refractivity contribution is 8.01. The molecule has 0 spiro atoms. The zero-order chi connectivity index (χ0) is 13.8. The summed E-state index contributed by atoms with van der Waals surface area (Å²) < 4.78 is 5.83. The number of nitrogens with zero attached hydrogens (tertiary/aromatic N) is 2. The average molecular weight is 296 g/mol. The topological polar surface area (TPSA) is 72.3 Å². The van der Waals surface area contributed by atoms with Crippen molar-refractivity contribution in [2.75, 3.05) is 7.11 Å². The molecular weight excluding hydrogens is 284 g/mol. The Balaban J connectivity index is 2.12. The SMILES string of the molecule is COc1ccc(Sc2nc(C)c(CC(=O)O)s2)nc1. The van der Waals surface area contributed by atoms with Gasteiger partial charge in [0.05, 0.1) is 25.4 Å². The van der Waals surface area contributed by atoms with E-state index < -0.39 is 5.97 Å². The molecule has 100 valence electrons. The Hall–Kier alpha value is -1.60. The van der Waals surface area contributed by atoms with Crippen LogP contribution in [0.4, 0.5) is 0 Å². The van der Waals surface area contributed by atoms with Crippen molar-refractivity contribution in [3.05, 3.63) is 28.9 Å². The van der Waals surface area contributed by atoms with E-state index in [1.165, 1.54) is 23.1 Å². The van der Waals surface area contributed by atoms with Crippen molar-refractivity contribution in [1.29, 1.82) is 0 Å². The summed E-state index contributed by atoms with van der Waals surface area (Å²) in [6, 6.07) is 3.67. The number of thiazole rings is 1. The minimum Gasteiger partial charge on any atom is -0.495 e. The molecule has 0 atom stereocenters. The molecular formula is C12H12N2O3S2. The number of methoxy groups -OCH3 is 1. The third-order valence-electron chi connectivity index (χ3n) is 2.32. The van der Waals surface area contributed by atoms with Gasteiger partial charge in [-0.1, -0.05) is 0 Å². The molecule has 0 radical (unpaired) electrons. The second-order valence-electron chi connectivity index (χ2n) is 3.70. The number of hydrogen-bond donors (Lipinski definition) is 1. The van der Waals surface area contributed by atoms with Gasteiger partial charge < -0.3 is 9.84 Å². The number of aromatic nitrogens is 2. The highest BCUT2D eigenvalue weighted by Gasteiger charge is 2.12. The van der Waals surface area contributed by atoms with Crippen LogP contribution in [-0.2, 0) is 11.2 Å². The summed E-state index contributed by atoms with van der Waals surface area (Å²) in [5.74, 6) is -0.142. The Labute approximate surface area is 118 Å². The van der Waals surface area contributed by atoms with Gasteiger partial charge in [-0.3, -0.25) is 4.79 Å². The summed E-state index contributed by atoms with van der Waals surface area (Å²) in [5.41, 5.74) is 0.767. The molecule has 0 aliphatic heterocycles. The van der Waals surface area contributed by atoms with Gasteiger partial charge in [-0.05, 0) is 30.8 Å². The minimum atomic E-state index is -0.842. The van der Waals surface area contributed by atoms with Gasteiger partial charge in [-0.15, -0.1) is 11.3 Å². The van der Waals surface area contributed by atoms with Gasteiger partial charge in [0.25, 0.3) is 0 Å². The van der Waals surface area contributed by atoms with Gasteiger partial charge in [-0.25, -0.2) is 9.97 Å². The number of aliphatic carboxylic acids is 1. The van der Waals surface area contributed by atoms with Crippen LogP contribution in [0.3, 0.4) is 0 Å². The normalized spacial score (nSPS) is 10.4. The Morgan fingerprint density at radius 2 is 2.32 bits per heavy atom. The molecule has 0 saturated carbocycles. The lowest BCUT2D eigenvalue weighted by atomic mass is 10.3. The van der Waals surface area contributed by atoms with Crippen LogP contribution >= 0.6 is 23.1 Å². The van der Waals surface area contributed by atoms with E-state index in [2.05, 4.69) is 9.97 Å². The van der Waals surface area contributed by atoms with Gasteiger partial charge in [0.15, 0.2) is 4.34 Å². The fourth-order valence-corrected chi connectivity index (χ4v) is 3.49. The van der Waals surface area contributed by atoms with E-state index in [-0.39, 0.29) is 6.42 Å². The first-order valence-corrected chi connectivity index (χ1v) is 7.08. The van der Waals surface area contributed by atoms with Gasteiger partial charge in [0.1, 0.15) is 10.8 Å². The third kappa shape index (κ3) is 3.68. The van der Waals surface area contributed by atoms with Crippen molar-refractivity contribution in [2.24, 2.45) is 0 Å². The zero-order valence-corrected chi connectivity index (χ0v) is 12.0. The number of ether oxygens (including phenoxy) is 1. The molecule has 1 N–H and O–H groups in total. The summed E-state index contributed by atoms with van der Waals surface area (Å²) >= 11 is 2.81. The first-order valence-electron chi connectivity index (χ1n) is 5.44. The van der Waals surface area contributed by atoms with Crippen LogP contribution in [0.2, 0.25) is 0 Å². The molecule has 5 nitrogen and oxygen atoms in total. The quantitative estimate of drug-likeness (QED) is 0.914. The van der Waals surface area contributed by atoms with Crippen molar-refractivity contribution >= 4 is 29.1 Å². The number of pyridine rings is 1. The van der Waals surface area contributed by atoms with Crippen molar-refractivity contribution in [2.45, 2.75) is 22.7 Å². The fraction of sp³-hybridized carbons (Fsp3) is 0.250. The van der Waals surface area contributed by atoms with Crippen molar-refractivity contribution in [3.8, 4) is 5.75 Å². The standard InChI is InChI=1S/C12H12N2O3S2/c1-7-9(5-11(15)16)18-12(14-7)19-10-4-3-8(17-2)6-13-10/h3-4,6H,5H2,1-2H3,(H,15,16). The largest absolute Gasteiger partial charge is 0.495 e. The maximum absolute atomic E-state index is 10.7. The molecule has 19 heavy (non-hydrogen) atoms. The van der Waals surface area contributed by atoms with E-state index in [0.717, 1.165) is 19.9 Å². The highest BCUT2D eigenvalue weighted by Crippen LogP contribution is 2.32. The van der Waals surface area contributed by atoms with Crippen LogP contribution in [0, 0.1) is 6.92 Å². The second-order valence-corrected chi connectivity index (χ2v) is 6.05. The number of carbonyl (C=O) groups is 1. The molecule has 2 heterocycles. The molecule has 0 aliphatic rings. The molecule has 0 unspecified atom stereocenters. The van der Waals surface area contributed by atoms with Crippen LogP contribution < -0.4 is 4.74 Å². The van der Waals surface area contributed by atoms with Crippen molar-refractivity contribution < 1.29 is 14.6 Å². The average Bonchev–Trinajstić information content (AvgIpc) is 2.70. The lowest BCUT2D eigenvalue weighted by molar-refractivity contribution is -0.136. The van der Waals surface area contributed by atoms with Crippen molar-refractivity contribution in [1.82, 2.24) is 9.97 Å². The Bertz CT molecular complexity index is 581. The number of aryl methyl sites for hydroxylation is 1. The lowest BCUT2D eigenvalue weighted by Crippen LogP contribution is -1.99. The summed E-state index contributed by atoms with van der Waals surface area (Å²) in [6.45, 7) is 1.82. The number of hydrogen-bond acceptors (Lipinski definition) is 6. The summed E-state index contributed by atoms with van der Waals surface area (Å²) in [6.07, 6.45) is 1.65. The van der Waals surface area contributed by atoms with E-state index in [4.69, 9.17) is 9.84 Å². The summed E-state index contributed by atoms with van der Waals surface area (Å²) in [7, 11) is 1.59. The lowest BCUT2D eigenvalue weighted by Gasteiger charge is -1.99. The Morgan fingerprint density at radius 3 is 2.89 bits per heavy atom. The Morgan fingerprint density at radius 1 is 1.53 bits per heavy atom. The number of rotatable bonds is 5. The molecule has 0 aromatic carbocycles. The molecule has 0 saturated heterocycles. The van der Waals surface area contributed by atoms with Gasteiger partial charge in [0, 0.05) is 4.88 Å². The van der Waals surface area contributed by atoms with Crippen LogP contribution in [0.1, 0.15) is 10.6 Å². The van der Waals surface area contributed by atoms with Crippen molar-refractivity contribution in [3.63, 3.8) is 0 Å². The molecule has 7 heteroatoms. The van der Waals surface area contributed by atoms with Crippen LogP contribution in [0.25, 0.3) is 0 Å². The van der Waals surface area contributed by atoms with Crippen LogP contribution in [0.5, 0.6) is 5.75 Å². The molecule has 2 rings (SSSR count). The molecule has 0 amide bonds. The van der Waals surface area contributed by atoms with E-state index >= 15 is 0 Å². The minimum absolute atomic E-state index is 0.0140. The predicted octanol–water partition coefficient (Wildman–Crippen LogP) is 2.63. The third-order valence-corrected chi connectivity index (χ3v) is 4.49. The summed E-state index contributed by atoms with van der Waals surface area (Å²) in [5, 5.41) is 9.60. The predicted molar refractivity (Wildman–Crippen MR) is 73.1 cm³/mol. The molecule has 2 aromatic heterocycles. The van der Waals surface area contributed by atoms with E-state index in [0.29, 0.717) is 5.75 Å². The molecule has 0 aliphatic carbocycles. The molecule has 2 aromatic rings. The van der Waals surface area contributed by atoms with Crippen LogP contribution in [0.15, 0.2) is 27.7 Å². The number of carboxylic acids is 1. The van der Waals surface area contributed by atoms with Gasteiger partial charge in [-0.2, -0.15) is 0 Å². The maximum Gasteiger partial charge on any atom is 0.308 e. The molecule has 0 fully saturated rings. The van der Waals surface area contributed by atoms with E-state index in [9.17, 15) is 4.79 Å². The van der Waals surface area contributed by atoms with Gasteiger partial charge >= 0.3 is 5.97 Å². The number of carboxylic acid groups (broad SMARTS) is 1. The fourth-order valence-electron chi connectivity index (χ4n) is 1.38. The zero-order valence-electron chi connectivity index (χ0n) is 10.4. The summed E-state index contributed by atoms with van der Waals surface area (Å²) in [4.78, 5) is 20.1. The molecule has 0 bridgehead atoms. The highest BCUT2D eigenvalue weighted by atomic mass is 32.2. The first-order chi connectivity index (χ1) is 9.08. The smallest absolute Gasteiger partial charge is 0.308 e. The maximum atomic E-state index is 10.7. The van der Waals surface area contributed by atoms with E-state index in [1.54, 1.807) is 13.3 Å². The van der Waals surface area contributed by atoms with Gasteiger partial charge in [0.2, 0.25) is 0 Å². The van der Waals surface area contributed by atoms with E-state index in [1.807, 2.05) is 19.1 Å².